The fourth-order valence-electron chi connectivity index (χ4n) is 3.09. The van der Waals surface area contributed by atoms with Crippen LogP contribution in [-0.2, 0) is 16.0 Å². The molecule has 0 N–H and O–H groups in total. The van der Waals surface area contributed by atoms with Gasteiger partial charge in [-0.1, -0.05) is 52.5 Å². The number of methoxy groups -OCH3 is 1. The molecule has 1 heterocycles. The minimum atomic E-state index is -0.882. The molecule has 10 heteroatoms. The number of aromatic nitrogens is 2. The van der Waals surface area contributed by atoms with Gasteiger partial charge in [0.1, 0.15) is 5.82 Å². The van der Waals surface area contributed by atoms with Gasteiger partial charge >= 0.3 is 5.97 Å². The molecule has 1 aromatic heterocycles. The highest BCUT2D eigenvalue weighted by Crippen LogP contribution is 2.34. The summed E-state index contributed by atoms with van der Waals surface area (Å²) in [6, 6.07) is 8.54. The molecule has 0 saturated heterocycles. The van der Waals surface area contributed by atoms with Gasteiger partial charge in [-0.2, -0.15) is 9.78 Å². The van der Waals surface area contributed by atoms with Gasteiger partial charge in [-0.25, -0.2) is 9.78 Å². The molecule has 7 nitrogen and oxygen atoms in total. The summed E-state index contributed by atoms with van der Waals surface area (Å²) in [4.78, 5) is 29.4. The van der Waals surface area contributed by atoms with Gasteiger partial charge in [-0.3, -0.25) is 4.79 Å². The average molecular weight is 555 g/mol. The molecule has 0 radical (unpaired) electrons. The van der Waals surface area contributed by atoms with Gasteiger partial charge in [0.2, 0.25) is 0 Å². The molecule has 0 saturated carbocycles. The lowest BCUT2D eigenvalue weighted by atomic mass is 10.2. The van der Waals surface area contributed by atoms with Crippen molar-refractivity contribution in [1.29, 1.82) is 0 Å². The quantitative estimate of drug-likeness (QED) is 0.266. The van der Waals surface area contributed by atoms with Crippen LogP contribution < -0.4 is 10.3 Å². The summed E-state index contributed by atoms with van der Waals surface area (Å²) >= 11 is 16.0. The summed E-state index contributed by atoms with van der Waals surface area (Å²) in [5.41, 5.74) is 0.895. The van der Waals surface area contributed by atoms with Crippen molar-refractivity contribution in [3.8, 4) is 5.75 Å². The molecule has 0 amide bonds. The average Bonchev–Trinajstić information content (AvgIpc) is 2.79. The van der Waals surface area contributed by atoms with Crippen molar-refractivity contribution in [2.75, 3.05) is 7.11 Å². The number of fused-ring (bicyclic) bond motifs is 1. The number of hydrogen-bond donors (Lipinski definition) is 0. The lowest BCUT2D eigenvalue weighted by Gasteiger charge is -2.15. The van der Waals surface area contributed by atoms with E-state index in [9.17, 15) is 9.59 Å². The minimum absolute atomic E-state index is 0.159. The zero-order valence-corrected chi connectivity index (χ0v) is 21.4. The van der Waals surface area contributed by atoms with Gasteiger partial charge in [0.25, 0.3) is 5.56 Å². The Morgan fingerprint density at radius 2 is 1.97 bits per heavy atom. The molecule has 1 atom stereocenters. The normalized spacial score (nSPS) is 12.3. The van der Waals surface area contributed by atoms with E-state index in [0.29, 0.717) is 28.7 Å². The van der Waals surface area contributed by atoms with Gasteiger partial charge in [-0.05, 0) is 49.2 Å². The first-order chi connectivity index (χ1) is 15.7. The standard InChI is InChI=1S/C23H22BrCl2N3O4/c1-4-5-6-20-28-19-8-7-15(24)11-16(19)22(30)29(20)27-12-14-9-17(25)21(18(26)10-14)33-13(2)23(31)32-3/h7-13H,4-6H2,1-3H3/t13-/m1/s1. The number of halogens is 3. The van der Waals surface area contributed by atoms with E-state index in [-0.39, 0.29) is 21.4 Å². The van der Waals surface area contributed by atoms with Crippen LogP contribution in [0.3, 0.4) is 0 Å². The zero-order valence-electron chi connectivity index (χ0n) is 18.3. The Balaban J connectivity index is 2.00. The van der Waals surface area contributed by atoms with Crippen LogP contribution in [0.2, 0.25) is 10.0 Å². The molecule has 33 heavy (non-hydrogen) atoms. The number of benzene rings is 2. The van der Waals surface area contributed by atoms with E-state index in [1.807, 2.05) is 6.07 Å². The number of rotatable bonds is 8. The fraction of sp³-hybridized carbons (Fsp3) is 0.304. The summed E-state index contributed by atoms with van der Waals surface area (Å²) < 4.78 is 12.3. The first-order valence-electron chi connectivity index (χ1n) is 10.2. The summed E-state index contributed by atoms with van der Waals surface area (Å²) in [6.45, 7) is 3.60. The molecular formula is C23H22BrCl2N3O4. The van der Waals surface area contributed by atoms with E-state index < -0.39 is 12.1 Å². The fourth-order valence-corrected chi connectivity index (χ4v) is 4.05. The van der Waals surface area contributed by atoms with Crippen molar-refractivity contribution in [1.82, 2.24) is 9.66 Å². The van der Waals surface area contributed by atoms with E-state index in [0.717, 1.165) is 17.3 Å². The van der Waals surface area contributed by atoms with Crippen LogP contribution in [0.4, 0.5) is 0 Å². The van der Waals surface area contributed by atoms with Crippen LogP contribution in [0.25, 0.3) is 10.9 Å². The third kappa shape index (κ3) is 5.93. The highest BCUT2D eigenvalue weighted by Gasteiger charge is 2.19. The summed E-state index contributed by atoms with van der Waals surface area (Å²) in [5.74, 6) is 0.172. The molecule has 0 aliphatic carbocycles. The van der Waals surface area contributed by atoms with Crippen molar-refractivity contribution in [3.05, 3.63) is 66.6 Å². The Hall–Kier alpha value is -2.42. The molecule has 0 unspecified atom stereocenters. The van der Waals surface area contributed by atoms with Gasteiger partial charge < -0.3 is 9.47 Å². The predicted molar refractivity (Wildman–Crippen MR) is 134 cm³/mol. The van der Waals surface area contributed by atoms with E-state index in [1.54, 1.807) is 24.3 Å². The molecule has 0 fully saturated rings. The number of unbranched alkanes of at least 4 members (excludes halogenated alkanes) is 1. The second-order valence-electron chi connectivity index (χ2n) is 7.25. The first kappa shape index (κ1) is 25.2. The van der Waals surface area contributed by atoms with Gasteiger partial charge in [-0.15, -0.1) is 0 Å². The lowest BCUT2D eigenvalue weighted by molar-refractivity contribution is -0.147. The number of nitrogens with zero attached hydrogens (tertiary/aromatic N) is 3. The second-order valence-corrected chi connectivity index (χ2v) is 8.98. The van der Waals surface area contributed by atoms with E-state index in [1.165, 1.54) is 24.9 Å². The summed E-state index contributed by atoms with van der Waals surface area (Å²) in [5, 5.41) is 5.24. The van der Waals surface area contributed by atoms with Crippen LogP contribution in [-0.4, -0.2) is 35.1 Å². The maximum atomic E-state index is 13.2. The number of carbonyl (C=O) groups is 1. The van der Waals surface area contributed by atoms with Crippen LogP contribution in [0, 0.1) is 0 Å². The van der Waals surface area contributed by atoms with E-state index in [4.69, 9.17) is 27.9 Å². The van der Waals surface area contributed by atoms with Crippen molar-refractivity contribution in [2.45, 2.75) is 39.2 Å². The predicted octanol–water partition coefficient (Wildman–Crippen LogP) is 5.63. The first-order valence-corrected chi connectivity index (χ1v) is 11.8. The molecule has 0 bridgehead atoms. The van der Waals surface area contributed by atoms with Crippen molar-refractivity contribution in [3.63, 3.8) is 0 Å². The van der Waals surface area contributed by atoms with Gasteiger partial charge in [0, 0.05) is 10.9 Å². The highest BCUT2D eigenvalue weighted by molar-refractivity contribution is 9.10. The maximum absolute atomic E-state index is 13.2. The molecule has 3 aromatic rings. The number of esters is 1. The van der Waals surface area contributed by atoms with Gasteiger partial charge in [0.15, 0.2) is 11.9 Å². The number of ether oxygens (including phenoxy) is 2. The summed E-state index contributed by atoms with van der Waals surface area (Å²) in [6.07, 6.45) is 3.02. The Morgan fingerprint density at radius 3 is 2.61 bits per heavy atom. The number of carbonyl (C=O) groups excluding carboxylic acids is 1. The lowest BCUT2D eigenvalue weighted by Crippen LogP contribution is -2.25. The maximum Gasteiger partial charge on any atom is 0.346 e. The molecule has 2 aromatic carbocycles. The Bertz CT molecular complexity index is 1250. The Morgan fingerprint density at radius 1 is 1.27 bits per heavy atom. The number of aryl methyl sites for hydroxylation is 1. The topological polar surface area (TPSA) is 82.8 Å². The number of hydrogen-bond acceptors (Lipinski definition) is 6. The summed E-state index contributed by atoms with van der Waals surface area (Å²) in [7, 11) is 1.27. The van der Waals surface area contributed by atoms with Crippen LogP contribution in [0.5, 0.6) is 5.75 Å². The van der Waals surface area contributed by atoms with Crippen molar-refractivity contribution < 1.29 is 14.3 Å². The second kappa shape index (κ2) is 11.1. The molecule has 0 aliphatic heterocycles. The smallest absolute Gasteiger partial charge is 0.346 e. The Kier molecular flexibility index (Phi) is 8.51. The largest absolute Gasteiger partial charge is 0.476 e. The van der Waals surface area contributed by atoms with Crippen LogP contribution in [0.15, 0.2) is 44.7 Å². The van der Waals surface area contributed by atoms with Crippen molar-refractivity contribution >= 4 is 62.2 Å². The molecule has 174 valence electrons. The molecule has 3 rings (SSSR count). The van der Waals surface area contributed by atoms with Crippen molar-refractivity contribution in [2.24, 2.45) is 5.10 Å². The molecular weight excluding hydrogens is 533 g/mol. The molecule has 0 aliphatic rings. The SMILES string of the molecule is CCCCc1nc2ccc(Br)cc2c(=O)n1N=Cc1cc(Cl)c(O[C@H](C)C(=O)OC)c(Cl)c1. The third-order valence-electron chi connectivity index (χ3n) is 4.80. The van der Waals surface area contributed by atoms with E-state index in [2.05, 4.69) is 37.7 Å². The third-order valence-corrected chi connectivity index (χ3v) is 5.85. The highest BCUT2D eigenvalue weighted by atomic mass is 79.9. The zero-order chi connectivity index (χ0) is 24.1. The Labute approximate surface area is 209 Å². The van der Waals surface area contributed by atoms with E-state index >= 15 is 0 Å². The van der Waals surface area contributed by atoms with Gasteiger partial charge in [0.05, 0.1) is 34.3 Å². The van der Waals surface area contributed by atoms with Crippen LogP contribution in [0.1, 0.15) is 38.1 Å². The van der Waals surface area contributed by atoms with Crippen LogP contribution >= 0.6 is 39.1 Å². The minimum Gasteiger partial charge on any atom is -0.476 e. The monoisotopic (exact) mass is 553 g/mol. The molecule has 0 spiro atoms.